The molecular weight excluding hydrogens is 295 g/mol. The number of rotatable bonds is 3. The summed E-state index contributed by atoms with van der Waals surface area (Å²) in [4.78, 5) is 16.3. The number of carbonyl (C=O) groups excluding carboxylic acids is 1. The van der Waals surface area contributed by atoms with Gasteiger partial charge in [-0.1, -0.05) is 29.3 Å². The van der Waals surface area contributed by atoms with Crippen molar-refractivity contribution in [3.63, 3.8) is 0 Å². The maximum absolute atomic E-state index is 12.0. The van der Waals surface area contributed by atoms with Gasteiger partial charge in [-0.3, -0.25) is 4.79 Å². The van der Waals surface area contributed by atoms with Crippen molar-refractivity contribution >= 4 is 34.9 Å². The molecule has 0 aliphatic carbocycles. The summed E-state index contributed by atoms with van der Waals surface area (Å²) in [5.74, 6) is 0.341. The number of benzene rings is 1. The molecule has 0 atom stereocenters. The summed E-state index contributed by atoms with van der Waals surface area (Å²) in [6, 6.07) is 8.94. The normalized spacial score (nSPS) is 10.4. The van der Waals surface area contributed by atoms with Crippen LogP contribution in [-0.2, 0) is 11.2 Å². The first-order valence-corrected chi connectivity index (χ1v) is 6.89. The smallest absolute Gasteiger partial charge is 0.230 e. The molecule has 0 saturated heterocycles. The van der Waals surface area contributed by atoms with Crippen LogP contribution in [0.1, 0.15) is 16.8 Å². The quantitative estimate of drug-likeness (QED) is 0.924. The molecule has 20 heavy (non-hydrogen) atoms. The predicted molar refractivity (Wildman–Crippen MR) is 82.5 cm³/mol. The van der Waals surface area contributed by atoms with E-state index in [1.807, 2.05) is 26.0 Å². The van der Waals surface area contributed by atoms with E-state index < -0.39 is 0 Å². The molecule has 3 nitrogen and oxygen atoms in total. The maximum atomic E-state index is 12.0. The Hall–Kier alpha value is -1.58. The van der Waals surface area contributed by atoms with Crippen molar-refractivity contribution < 1.29 is 4.79 Å². The minimum atomic E-state index is -0.197. The number of nitrogens with one attached hydrogen (secondary N) is 1. The Kier molecular flexibility index (Phi) is 4.63. The second-order valence-electron chi connectivity index (χ2n) is 4.60. The Balaban J connectivity index is 2.13. The summed E-state index contributed by atoms with van der Waals surface area (Å²) in [6.45, 7) is 3.84. The number of halogens is 2. The highest BCUT2D eigenvalue weighted by atomic mass is 35.5. The van der Waals surface area contributed by atoms with Gasteiger partial charge in [0, 0.05) is 15.7 Å². The maximum Gasteiger partial charge on any atom is 0.230 e. The van der Waals surface area contributed by atoms with E-state index in [4.69, 9.17) is 23.2 Å². The highest BCUT2D eigenvalue weighted by molar-refractivity contribution is 6.36. The van der Waals surface area contributed by atoms with Crippen molar-refractivity contribution in [2.24, 2.45) is 0 Å². The van der Waals surface area contributed by atoms with E-state index in [2.05, 4.69) is 10.3 Å². The monoisotopic (exact) mass is 308 g/mol. The number of hydrogen-bond acceptors (Lipinski definition) is 2. The minimum absolute atomic E-state index is 0.118. The molecule has 0 spiro atoms. The molecule has 1 aromatic heterocycles. The molecule has 0 saturated carbocycles. The van der Waals surface area contributed by atoms with E-state index in [1.54, 1.807) is 18.2 Å². The number of hydrogen-bond donors (Lipinski definition) is 1. The van der Waals surface area contributed by atoms with Crippen molar-refractivity contribution in [2.45, 2.75) is 20.3 Å². The SMILES string of the molecule is Cc1cc(C)nc(NC(=O)Cc2c(Cl)cccc2Cl)c1. The van der Waals surface area contributed by atoms with Crippen LogP contribution >= 0.6 is 23.2 Å². The van der Waals surface area contributed by atoms with Gasteiger partial charge in [0.1, 0.15) is 5.82 Å². The lowest BCUT2D eigenvalue weighted by molar-refractivity contribution is -0.115. The van der Waals surface area contributed by atoms with E-state index in [0.717, 1.165) is 11.3 Å². The first-order valence-electron chi connectivity index (χ1n) is 6.14. The molecule has 1 amide bonds. The molecule has 0 aliphatic rings. The summed E-state index contributed by atoms with van der Waals surface area (Å²) in [6.07, 6.45) is 0.118. The van der Waals surface area contributed by atoms with Gasteiger partial charge in [0.2, 0.25) is 5.91 Å². The molecular formula is C15H14Cl2N2O. The number of pyridine rings is 1. The first-order chi connectivity index (χ1) is 9.45. The molecule has 104 valence electrons. The van der Waals surface area contributed by atoms with Crippen LogP contribution in [0, 0.1) is 13.8 Å². The summed E-state index contributed by atoms with van der Waals surface area (Å²) in [7, 11) is 0. The largest absolute Gasteiger partial charge is 0.310 e. The van der Waals surface area contributed by atoms with Crippen molar-refractivity contribution in [1.82, 2.24) is 4.98 Å². The first kappa shape index (κ1) is 14.8. The zero-order valence-electron chi connectivity index (χ0n) is 11.2. The molecule has 1 N–H and O–H groups in total. The number of anilines is 1. The minimum Gasteiger partial charge on any atom is -0.310 e. The van der Waals surface area contributed by atoms with Gasteiger partial charge in [-0.25, -0.2) is 4.98 Å². The topological polar surface area (TPSA) is 42.0 Å². The Morgan fingerprint density at radius 3 is 2.45 bits per heavy atom. The number of aromatic nitrogens is 1. The van der Waals surface area contributed by atoms with Crippen LogP contribution in [0.2, 0.25) is 10.0 Å². The summed E-state index contributed by atoms with van der Waals surface area (Å²) < 4.78 is 0. The molecule has 2 aromatic rings. The van der Waals surface area contributed by atoms with Gasteiger partial charge in [-0.2, -0.15) is 0 Å². The van der Waals surface area contributed by atoms with E-state index in [1.165, 1.54) is 0 Å². The van der Waals surface area contributed by atoms with Gasteiger partial charge in [-0.15, -0.1) is 0 Å². The van der Waals surface area contributed by atoms with Crippen molar-refractivity contribution in [1.29, 1.82) is 0 Å². The van der Waals surface area contributed by atoms with Crippen LogP contribution in [0.5, 0.6) is 0 Å². The van der Waals surface area contributed by atoms with Crippen molar-refractivity contribution in [2.75, 3.05) is 5.32 Å². The van der Waals surface area contributed by atoms with Crippen LogP contribution in [0.3, 0.4) is 0 Å². The fourth-order valence-electron chi connectivity index (χ4n) is 1.95. The molecule has 2 rings (SSSR count). The van der Waals surface area contributed by atoms with E-state index in [9.17, 15) is 4.79 Å². The van der Waals surface area contributed by atoms with Crippen LogP contribution in [-0.4, -0.2) is 10.9 Å². The van der Waals surface area contributed by atoms with Gasteiger partial charge in [-0.05, 0) is 49.2 Å². The number of nitrogens with zero attached hydrogens (tertiary/aromatic N) is 1. The molecule has 0 unspecified atom stereocenters. The summed E-state index contributed by atoms with van der Waals surface area (Å²) in [5, 5.41) is 3.73. The number of carbonyl (C=O) groups is 1. The lowest BCUT2D eigenvalue weighted by atomic mass is 10.1. The lowest BCUT2D eigenvalue weighted by Gasteiger charge is -2.09. The van der Waals surface area contributed by atoms with Crippen LogP contribution in [0.25, 0.3) is 0 Å². The van der Waals surface area contributed by atoms with Crippen LogP contribution < -0.4 is 5.32 Å². The second-order valence-corrected chi connectivity index (χ2v) is 5.41. The molecule has 0 aliphatic heterocycles. The van der Waals surface area contributed by atoms with Gasteiger partial charge >= 0.3 is 0 Å². The van der Waals surface area contributed by atoms with Crippen molar-refractivity contribution in [3.8, 4) is 0 Å². The van der Waals surface area contributed by atoms with Gasteiger partial charge in [0.25, 0.3) is 0 Å². The van der Waals surface area contributed by atoms with Gasteiger partial charge in [0.05, 0.1) is 6.42 Å². The third kappa shape index (κ3) is 3.71. The zero-order valence-corrected chi connectivity index (χ0v) is 12.7. The Morgan fingerprint density at radius 2 is 1.85 bits per heavy atom. The third-order valence-corrected chi connectivity index (χ3v) is 3.47. The zero-order chi connectivity index (χ0) is 14.7. The molecule has 1 heterocycles. The van der Waals surface area contributed by atoms with Crippen molar-refractivity contribution in [3.05, 3.63) is 57.2 Å². The fourth-order valence-corrected chi connectivity index (χ4v) is 2.49. The van der Waals surface area contributed by atoms with E-state index >= 15 is 0 Å². The summed E-state index contributed by atoms with van der Waals surface area (Å²) in [5.41, 5.74) is 2.53. The standard InChI is InChI=1S/C15H14Cl2N2O/c1-9-6-10(2)18-14(7-9)19-15(20)8-11-12(16)4-3-5-13(11)17/h3-7H,8H2,1-2H3,(H,18,19,20). The van der Waals surface area contributed by atoms with Gasteiger partial charge < -0.3 is 5.32 Å². The highest BCUT2D eigenvalue weighted by Crippen LogP contribution is 2.25. The lowest BCUT2D eigenvalue weighted by Crippen LogP contribution is -2.16. The number of amides is 1. The van der Waals surface area contributed by atoms with Crippen LogP contribution in [0.4, 0.5) is 5.82 Å². The molecule has 1 aromatic carbocycles. The Morgan fingerprint density at radius 1 is 1.20 bits per heavy atom. The van der Waals surface area contributed by atoms with E-state index in [-0.39, 0.29) is 12.3 Å². The molecule has 5 heteroatoms. The van der Waals surface area contributed by atoms with Crippen LogP contribution in [0.15, 0.2) is 30.3 Å². The molecule has 0 fully saturated rings. The predicted octanol–water partition coefficient (Wildman–Crippen LogP) is 4.19. The average Bonchev–Trinajstić information content (AvgIpc) is 2.32. The average molecular weight is 309 g/mol. The highest BCUT2D eigenvalue weighted by Gasteiger charge is 2.11. The Labute approximate surface area is 127 Å². The Bertz CT molecular complexity index is 616. The summed E-state index contributed by atoms with van der Waals surface area (Å²) >= 11 is 12.1. The second kappa shape index (κ2) is 6.25. The molecule has 0 radical (unpaired) electrons. The number of aryl methyl sites for hydroxylation is 2. The molecule has 0 bridgehead atoms. The van der Waals surface area contributed by atoms with Gasteiger partial charge in [0.15, 0.2) is 0 Å². The van der Waals surface area contributed by atoms with E-state index in [0.29, 0.717) is 21.4 Å². The third-order valence-electron chi connectivity index (χ3n) is 2.76. The fraction of sp³-hybridized carbons (Fsp3) is 0.200.